The number of amides is 2. The van der Waals surface area contributed by atoms with Crippen molar-refractivity contribution in [2.75, 3.05) is 12.0 Å². The van der Waals surface area contributed by atoms with Gasteiger partial charge in [0.15, 0.2) is 16.6 Å². The summed E-state index contributed by atoms with van der Waals surface area (Å²) in [5.41, 5.74) is 3.28. The summed E-state index contributed by atoms with van der Waals surface area (Å²) in [7, 11) is 1.54. The van der Waals surface area contributed by atoms with Crippen molar-refractivity contribution in [3.8, 4) is 11.5 Å². The highest BCUT2D eigenvalue weighted by atomic mass is 79.9. The molecule has 0 aliphatic carbocycles. The van der Waals surface area contributed by atoms with Crippen molar-refractivity contribution < 1.29 is 19.1 Å². The summed E-state index contributed by atoms with van der Waals surface area (Å²) in [5, 5.41) is 4.97. The van der Waals surface area contributed by atoms with Crippen molar-refractivity contribution in [3.05, 3.63) is 106 Å². The molecule has 0 atom stereocenters. The molecule has 1 aliphatic rings. The number of carbonyl (C=O) groups is 2. The van der Waals surface area contributed by atoms with Crippen molar-refractivity contribution in [2.45, 2.75) is 20.0 Å². The molecular formula is C31H25BrN2O4S. The van der Waals surface area contributed by atoms with Gasteiger partial charge in [-0.1, -0.05) is 55.5 Å². The molecule has 6 nitrogen and oxygen atoms in total. The number of thiocarbonyl (C=S) groups is 1. The Bertz CT molecular complexity index is 1630. The lowest BCUT2D eigenvalue weighted by atomic mass is 10.1. The van der Waals surface area contributed by atoms with E-state index in [2.05, 4.69) is 52.4 Å². The summed E-state index contributed by atoms with van der Waals surface area (Å²) in [6.45, 7) is 2.39. The van der Waals surface area contributed by atoms with E-state index in [1.54, 1.807) is 19.2 Å². The zero-order valence-electron chi connectivity index (χ0n) is 21.4. The minimum Gasteiger partial charge on any atom is -0.493 e. The lowest BCUT2D eigenvalue weighted by Gasteiger charge is -2.29. The average molecular weight is 602 g/mol. The van der Waals surface area contributed by atoms with Gasteiger partial charge in [-0.05, 0) is 98.4 Å². The molecule has 0 unspecified atom stereocenters. The number of rotatable bonds is 7. The first-order chi connectivity index (χ1) is 18.9. The van der Waals surface area contributed by atoms with E-state index >= 15 is 0 Å². The normalized spacial score (nSPS) is 14.6. The number of benzene rings is 4. The lowest BCUT2D eigenvalue weighted by Crippen LogP contribution is -2.54. The maximum absolute atomic E-state index is 13.4. The molecule has 1 heterocycles. The first-order valence-corrected chi connectivity index (χ1v) is 13.6. The molecule has 5 rings (SSSR count). The smallest absolute Gasteiger partial charge is 0.270 e. The van der Waals surface area contributed by atoms with Crippen LogP contribution in [-0.2, 0) is 22.6 Å². The van der Waals surface area contributed by atoms with Crippen LogP contribution in [0.4, 0.5) is 5.69 Å². The maximum Gasteiger partial charge on any atom is 0.270 e. The molecule has 196 valence electrons. The second-order valence-electron chi connectivity index (χ2n) is 8.98. The van der Waals surface area contributed by atoms with Crippen LogP contribution >= 0.6 is 28.1 Å². The quantitative estimate of drug-likeness (QED) is 0.147. The van der Waals surface area contributed by atoms with Crippen LogP contribution < -0.4 is 19.7 Å². The largest absolute Gasteiger partial charge is 0.493 e. The van der Waals surface area contributed by atoms with Gasteiger partial charge in [0.05, 0.1) is 17.3 Å². The molecule has 0 spiro atoms. The highest BCUT2D eigenvalue weighted by Gasteiger charge is 2.34. The van der Waals surface area contributed by atoms with E-state index in [1.807, 2.05) is 42.5 Å². The summed E-state index contributed by atoms with van der Waals surface area (Å²) in [5.74, 6) is -0.0767. The fourth-order valence-electron chi connectivity index (χ4n) is 4.39. The van der Waals surface area contributed by atoms with Crippen LogP contribution in [0.2, 0.25) is 0 Å². The molecule has 1 saturated heterocycles. The topological polar surface area (TPSA) is 67.9 Å². The predicted octanol–water partition coefficient (Wildman–Crippen LogP) is 6.58. The molecule has 0 aromatic heterocycles. The second kappa shape index (κ2) is 11.4. The number of methoxy groups -OCH3 is 1. The average Bonchev–Trinajstić information content (AvgIpc) is 2.94. The number of hydrogen-bond donors (Lipinski definition) is 1. The number of aryl methyl sites for hydroxylation is 1. The fraction of sp³-hybridized carbons (Fsp3) is 0.129. The van der Waals surface area contributed by atoms with Gasteiger partial charge in [-0.25, -0.2) is 0 Å². The summed E-state index contributed by atoms with van der Waals surface area (Å²) < 4.78 is 12.3. The number of hydrogen-bond acceptors (Lipinski definition) is 5. The molecular weight excluding hydrogens is 576 g/mol. The molecule has 4 aromatic rings. The molecule has 1 aliphatic heterocycles. The maximum atomic E-state index is 13.4. The first-order valence-electron chi connectivity index (χ1n) is 12.4. The summed E-state index contributed by atoms with van der Waals surface area (Å²) >= 11 is 8.88. The van der Waals surface area contributed by atoms with Gasteiger partial charge in [0.25, 0.3) is 11.8 Å². The Labute approximate surface area is 240 Å². The molecule has 8 heteroatoms. The number of halogens is 1. The van der Waals surface area contributed by atoms with Crippen LogP contribution in [0.15, 0.2) is 88.9 Å². The van der Waals surface area contributed by atoms with Crippen LogP contribution in [0, 0.1) is 0 Å². The number of nitrogens with zero attached hydrogens (tertiary/aromatic N) is 1. The second-order valence-corrected chi connectivity index (χ2v) is 10.2. The van der Waals surface area contributed by atoms with Gasteiger partial charge in [-0.15, -0.1) is 0 Å². The molecule has 39 heavy (non-hydrogen) atoms. The summed E-state index contributed by atoms with van der Waals surface area (Å²) in [4.78, 5) is 27.5. The van der Waals surface area contributed by atoms with Crippen molar-refractivity contribution in [1.29, 1.82) is 0 Å². The van der Waals surface area contributed by atoms with E-state index in [0.29, 0.717) is 33.8 Å². The van der Waals surface area contributed by atoms with E-state index in [4.69, 9.17) is 21.7 Å². The number of carbonyl (C=O) groups excluding carboxylic acids is 2. The van der Waals surface area contributed by atoms with Crippen LogP contribution in [0.1, 0.15) is 23.6 Å². The van der Waals surface area contributed by atoms with Gasteiger partial charge in [0.2, 0.25) is 0 Å². The molecule has 0 bridgehead atoms. The summed E-state index contributed by atoms with van der Waals surface area (Å²) in [6.07, 6.45) is 2.40. The standard InChI is InChI=1S/C31H25BrN2O4S/c1-3-19-9-12-24(13-10-19)34-30(36)25(29(35)33-31(34)39)15-21-16-26(32)28(27(17-21)37-2)38-18-20-8-11-22-6-4-5-7-23(22)14-20/h4-17H,3,18H2,1-2H3,(H,33,35,39)/b25-15+. The van der Waals surface area contributed by atoms with Crippen LogP contribution in [0.25, 0.3) is 16.8 Å². The van der Waals surface area contributed by atoms with Gasteiger partial charge in [-0.3, -0.25) is 19.8 Å². The number of anilines is 1. The number of nitrogens with one attached hydrogen (secondary N) is 1. The first kappa shape index (κ1) is 26.6. The van der Waals surface area contributed by atoms with Gasteiger partial charge < -0.3 is 9.47 Å². The highest BCUT2D eigenvalue weighted by Crippen LogP contribution is 2.38. The van der Waals surface area contributed by atoms with Crippen LogP contribution in [0.5, 0.6) is 11.5 Å². The van der Waals surface area contributed by atoms with E-state index in [1.165, 1.54) is 11.0 Å². The van der Waals surface area contributed by atoms with Gasteiger partial charge >= 0.3 is 0 Å². The zero-order valence-corrected chi connectivity index (χ0v) is 23.8. The van der Waals surface area contributed by atoms with E-state index in [0.717, 1.165) is 28.3 Å². The minimum atomic E-state index is -0.557. The predicted molar refractivity (Wildman–Crippen MR) is 161 cm³/mol. The Morgan fingerprint density at radius 1 is 0.949 bits per heavy atom. The number of ether oxygens (including phenoxy) is 2. The van der Waals surface area contributed by atoms with Crippen LogP contribution in [-0.4, -0.2) is 24.0 Å². The Morgan fingerprint density at radius 2 is 1.67 bits per heavy atom. The van der Waals surface area contributed by atoms with Crippen molar-refractivity contribution in [1.82, 2.24) is 5.32 Å². The van der Waals surface area contributed by atoms with Crippen molar-refractivity contribution in [3.63, 3.8) is 0 Å². The molecule has 0 radical (unpaired) electrons. The molecule has 1 fully saturated rings. The number of fused-ring (bicyclic) bond motifs is 1. The summed E-state index contributed by atoms with van der Waals surface area (Å²) in [6, 6.07) is 25.3. The van der Waals surface area contributed by atoms with Gasteiger partial charge in [0, 0.05) is 0 Å². The lowest BCUT2D eigenvalue weighted by molar-refractivity contribution is -0.122. The van der Waals surface area contributed by atoms with E-state index in [-0.39, 0.29) is 10.7 Å². The molecule has 1 N–H and O–H groups in total. The van der Waals surface area contributed by atoms with Gasteiger partial charge in [0.1, 0.15) is 12.2 Å². The third-order valence-electron chi connectivity index (χ3n) is 6.46. The van der Waals surface area contributed by atoms with Gasteiger partial charge in [-0.2, -0.15) is 0 Å². The minimum absolute atomic E-state index is 0.0399. The molecule has 4 aromatic carbocycles. The van der Waals surface area contributed by atoms with E-state index < -0.39 is 11.8 Å². The Hall–Kier alpha value is -4.01. The fourth-order valence-corrected chi connectivity index (χ4v) is 5.24. The Kier molecular flexibility index (Phi) is 7.77. The molecule has 2 amide bonds. The zero-order chi connectivity index (χ0) is 27.5. The highest BCUT2D eigenvalue weighted by molar-refractivity contribution is 9.10. The Morgan fingerprint density at radius 3 is 2.38 bits per heavy atom. The monoisotopic (exact) mass is 600 g/mol. The third kappa shape index (κ3) is 5.57. The Balaban J connectivity index is 1.41. The molecule has 0 saturated carbocycles. The third-order valence-corrected chi connectivity index (χ3v) is 7.34. The SMILES string of the molecule is CCc1ccc(N2C(=O)/C(=C/c3cc(Br)c(OCc4ccc5ccccc5c4)c(OC)c3)C(=O)NC2=S)cc1. The van der Waals surface area contributed by atoms with Crippen molar-refractivity contribution >= 4 is 67.6 Å². The van der Waals surface area contributed by atoms with Crippen LogP contribution in [0.3, 0.4) is 0 Å². The van der Waals surface area contributed by atoms with E-state index in [9.17, 15) is 9.59 Å². The van der Waals surface area contributed by atoms with Crippen molar-refractivity contribution in [2.24, 2.45) is 0 Å².